The molecule has 3 aliphatic rings. The topological polar surface area (TPSA) is 134 Å². The summed E-state index contributed by atoms with van der Waals surface area (Å²) in [6.45, 7) is 14.8. The van der Waals surface area contributed by atoms with Crippen molar-refractivity contribution in [1.82, 2.24) is 0 Å². The first-order chi connectivity index (χ1) is 14.9. The van der Waals surface area contributed by atoms with Gasteiger partial charge in [0, 0.05) is 17.8 Å². The number of hydrogen-bond donors (Lipinski definition) is 4. The third-order valence-electron chi connectivity index (χ3n) is 8.91. The van der Waals surface area contributed by atoms with Gasteiger partial charge in [-0.05, 0) is 46.0 Å². The smallest absolute Gasteiger partial charge is 0.314 e. The van der Waals surface area contributed by atoms with Crippen LogP contribution in [0.4, 0.5) is 0 Å². The third kappa shape index (κ3) is 3.28. The summed E-state index contributed by atoms with van der Waals surface area (Å²) in [6.07, 6.45) is -1.75. The molecule has 0 radical (unpaired) electrons. The number of esters is 1. The Hall–Kier alpha value is -1.32. The predicted molar refractivity (Wildman–Crippen MR) is 120 cm³/mol. The Morgan fingerprint density at radius 2 is 1.82 bits per heavy atom. The van der Waals surface area contributed by atoms with Crippen LogP contribution in [0.25, 0.3) is 0 Å². The van der Waals surface area contributed by atoms with Gasteiger partial charge in [0.05, 0.1) is 29.8 Å². The second-order valence-electron chi connectivity index (χ2n) is 12.2. The molecule has 2 aliphatic carbocycles. The number of rotatable bonds is 4. The van der Waals surface area contributed by atoms with Crippen LogP contribution in [0.2, 0.25) is 0 Å². The second-order valence-corrected chi connectivity index (χ2v) is 12.2. The average molecular weight is 469 g/mol. The van der Waals surface area contributed by atoms with Gasteiger partial charge in [-0.2, -0.15) is 0 Å². The van der Waals surface area contributed by atoms with Gasteiger partial charge in [0.25, 0.3) is 0 Å². The van der Waals surface area contributed by atoms with E-state index in [-0.39, 0.29) is 6.42 Å². The number of aliphatic hydroxyl groups excluding tert-OH is 3. The number of fused-ring (bicyclic) bond motifs is 3. The van der Waals surface area contributed by atoms with Crippen LogP contribution in [0.3, 0.4) is 0 Å². The van der Waals surface area contributed by atoms with E-state index in [4.69, 9.17) is 9.47 Å². The lowest BCUT2D eigenvalue weighted by molar-refractivity contribution is -0.371. The van der Waals surface area contributed by atoms with Crippen molar-refractivity contribution in [3.05, 3.63) is 12.7 Å². The van der Waals surface area contributed by atoms with Gasteiger partial charge in [0.2, 0.25) is 0 Å². The first-order valence-electron chi connectivity index (χ1n) is 11.7. The first-order valence-corrected chi connectivity index (χ1v) is 11.7. The number of ether oxygens (including phenoxy) is 2. The number of aliphatic hydroxyl groups is 4. The van der Waals surface area contributed by atoms with Gasteiger partial charge in [0.1, 0.15) is 5.60 Å². The van der Waals surface area contributed by atoms with Crippen molar-refractivity contribution >= 4 is 11.8 Å². The van der Waals surface area contributed by atoms with E-state index in [1.54, 1.807) is 13.8 Å². The summed E-state index contributed by atoms with van der Waals surface area (Å²) in [5, 5.41) is 45.0. The molecule has 188 valence electrons. The molecular weight excluding hydrogens is 428 g/mol. The van der Waals surface area contributed by atoms with Gasteiger partial charge >= 0.3 is 5.97 Å². The first kappa shape index (κ1) is 26.3. The highest BCUT2D eigenvalue weighted by atomic mass is 16.6. The molecule has 0 spiro atoms. The summed E-state index contributed by atoms with van der Waals surface area (Å²) >= 11 is 0. The molecule has 0 unspecified atom stereocenters. The maximum atomic E-state index is 13.8. The van der Waals surface area contributed by atoms with E-state index in [2.05, 4.69) is 6.58 Å². The van der Waals surface area contributed by atoms with Crippen LogP contribution in [0.1, 0.15) is 67.7 Å². The maximum Gasteiger partial charge on any atom is 0.314 e. The van der Waals surface area contributed by atoms with E-state index in [0.29, 0.717) is 12.8 Å². The van der Waals surface area contributed by atoms with Crippen molar-refractivity contribution in [2.45, 2.75) is 103 Å². The molecule has 0 amide bonds. The quantitative estimate of drug-likeness (QED) is 0.360. The summed E-state index contributed by atoms with van der Waals surface area (Å²) in [5.41, 5.74) is -8.70. The molecule has 3 fully saturated rings. The molecule has 1 aliphatic heterocycles. The lowest BCUT2D eigenvalue weighted by atomic mass is 9.40. The lowest BCUT2D eigenvalue weighted by Crippen LogP contribution is -2.86. The minimum atomic E-state index is -2.27. The molecule has 0 aromatic carbocycles. The Bertz CT molecular complexity index is 851. The van der Waals surface area contributed by atoms with E-state index >= 15 is 0 Å². The van der Waals surface area contributed by atoms with E-state index < -0.39 is 75.6 Å². The molecule has 0 aromatic rings. The maximum absolute atomic E-state index is 13.8. The largest absolute Gasteiger partial charge is 0.456 e. The fourth-order valence-corrected chi connectivity index (χ4v) is 6.82. The Morgan fingerprint density at radius 3 is 2.33 bits per heavy atom. The van der Waals surface area contributed by atoms with Gasteiger partial charge in [-0.25, -0.2) is 0 Å². The van der Waals surface area contributed by atoms with Crippen LogP contribution in [-0.2, 0) is 19.1 Å². The van der Waals surface area contributed by atoms with Gasteiger partial charge in [-0.15, -0.1) is 6.58 Å². The zero-order valence-corrected chi connectivity index (χ0v) is 20.8. The standard InChI is InChI=1S/C25H40O8/c1-9-22(6)12-15(28)25(31)23(7)14(27)10-11-20(2,3)17(23)16(29)18(24(25,8)33-22)32-19(30)21(4,5)13-26/h9,14,16-18,26-27,29,31H,1,10-13H2,2-8H3/t14-,16-,17-,18-,22-,23-,24+,25-/m0/s1. The molecule has 8 atom stereocenters. The number of Topliss-reactive ketones (excluding diaryl/α,β-unsaturated/α-hetero) is 1. The van der Waals surface area contributed by atoms with Crippen molar-refractivity contribution in [1.29, 1.82) is 0 Å². The molecule has 3 rings (SSSR count). The number of carbonyl (C=O) groups is 2. The van der Waals surface area contributed by atoms with Crippen molar-refractivity contribution in [2.75, 3.05) is 6.61 Å². The van der Waals surface area contributed by atoms with Crippen LogP contribution in [-0.4, -0.2) is 73.9 Å². The minimum Gasteiger partial charge on any atom is -0.456 e. The van der Waals surface area contributed by atoms with E-state index in [1.165, 1.54) is 26.8 Å². The highest BCUT2D eigenvalue weighted by Crippen LogP contribution is 2.67. The predicted octanol–water partition coefficient (Wildman–Crippen LogP) is 1.52. The van der Waals surface area contributed by atoms with E-state index in [1.807, 2.05) is 13.8 Å². The molecule has 0 bridgehead atoms. The Kier molecular flexibility index (Phi) is 6.04. The van der Waals surface area contributed by atoms with E-state index in [0.717, 1.165) is 0 Å². The average Bonchev–Trinajstić information content (AvgIpc) is 2.71. The van der Waals surface area contributed by atoms with Crippen LogP contribution in [0.15, 0.2) is 12.7 Å². The number of hydrogen-bond acceptors (Lipinski definition) is 8. The number of carbonyl (C=O) groups excluding carboxylic acids is 2. The Labute approximate surface area is 196 Å². The van der Waals surface area contributed by atoms with E-state index in [9.17, 15) is 30.0 Å². The summed E-state index contributed by atoms with van der Waals surface area (Å²) < 4.78 is 12.2. The minimum absolute atomic E-state index is 0.184. The molecular formula is C25H40O8. The van der Waals surface area contributed by atoms with Crippen molar-refractivity contribution in [3.63, 3.8) is 0 Å². The molecule has 0 aromatic heterocycles. The number of ketones is 1. The monoisotopic (exact) mass is 468 g/mol. The molecule has 8 nitrogen and oxygen atoms in total. The molecule has 33 heavy (non-hydrogen) atoms. The molecule has 1 heterocycles. The highest BCUT2D eigenvalue weighted by Gasteiger charge is 2.81. The van der Waals surface area contributed by atoms with Crippen LogP contribution < -0.4 is 0 Å². The van der Waals surface area contributed by atoms with Crippen molar-refractivity contribution < 1.29 is 39.5 Å². The van der Waals surface area contributed by atoms with Crippen LogP contribution in [0.5, 0.6) is 0 Å². The molecule has 8 heteroatoms. The molecule has 1 saturated heterocycles. The Balaban J connectivity index is 2.29. The van der Waals surface area contributed by atoms with Crippen LogP contribution >= 0.6 is 0 Å². The summed E-state index contributed by atoms with van der Waals surface area (Å²) in [7, 11) is 0. The zero-order chi connectivity index (χ0) is 25.4. The zero-order valence-electron chi connectivity index (χ0n) is 20.8. The SMILES string of the molecule is C=C[C@@]1(C)CC(=O)[C@]2(O)[C@@]3(C)[C@@H](O)CCC(C)(C)[C@@H]3[C@H](O)[C@H](OC(=O)C(C)(C)CO)[C@@]2(C)O1. The van der Waals surface area contributed by atoms with Gasteiger partial charge in [-0.3, -0.25) is 9.59 Å². The summed E-state index contributed by atoms with van der Waals surface area (Å²) in [4.78, 5) is 26.8. The lowest BCUT2D eigenvalue weighted by Gasteiger charge is -2.71. The van der Waals surface area contributed by atoms with Gasteiger partial charge in [-0.1, -0.05) is 26.8 Å². The van der Waals surface area contributed by atoms with Gasteiger partial charge in [0.15, 0.2) is 17.5 Å². The second kappa shape index (κ2) is 7.59. The third-order valence-corrected chi connectivity index (χ3v) is 8.91. The summed E-state index contributed by atoms with van der Waals surface area (Å²) in [5.74, 6) is -2.14. The fourth-order valence-electron chi connectivity index (χ4n) is 6.82. The van der Waals surface area contributed by atoms with Crippen molar-refractivity contribution in [2.24, 2.45) is 22.2 Å². The fraction of sp³-hybridized carbons (Fsp3) is 0.840. The summed E-state index contributed by atoms with van der Waals surface area (Å²) in [6, 6.07) is 0. The normalized spacial score (nSPS) is 47.3. The molecule has 2 saturated carbocycles. The van der Waals surface area contributed by atoms with Gasteiger partial charge < -0.3 is 29.9 Å². The highest BCUT2D eigenvalue weighted by molar-refractivity contribution is 5.92. The van der Waals surface area contributed by atoms with Crippen molar-refractivity contribution in [3.8, 4) is 0 Å². The molecule has 4 N–H and O–H groups in total. The van der Waals surface area contributed by atoms with Crippen LogP contribution in [0, 0.1) is 22.2 Å². The Morgan fingerprint density at radius 1 is 1.24 bits per heavy atom.